The number of aryl methyl sites for hydroxylation is 1. The summed E-state index contributed by atoms with van der Waals surface area (Å²) < 4.78 is 0. The first-order valence-electron chi connectivity index (χ1n) is 7.98. The summed E-state index contributed by atoms with van der Waals surface area (Å²) in [5, 5.41) is 3.63. The average molecular weight is 347 g/mol. The second kappa shape index (κ2) is 8.18. The van der Waals surface area contributed by atoms with E-state index < -0.39 is 0 Å². The summed E-state index contributed by atoms with van der Waals surface area (Å²) in [4.78, 5) is 15.4. The molecule has 1 atom stereocenters. The molecule has 0 fully saturated rings. The van der Waals surface area contributed by atoms with E-state index in [1.54, 1.807) is 6.07 Å². The Hall–Kier alpha value is -2.04. The minimum Gasteiger partial charge on any atom is -0.378 e. The summed E-state index contributed by atoms with van der Waals surface area (Å²) in [6, 6.07) is 13.9. The fourth-order valence-electron chi connectivity index (χ4n) is 2.56. The Morgan fingerprint density at radius 1 is 1.17 bits per heavy atom. The van der Waals surface area contributed by atoms with E-state index in [1.807, 2.05) is 40.2 Å². The van der Waals surface area contributed by atoms with Gasteiger partial charge in [-0.05, 0) is 42.8 Å². The largest absolute Gasteiger partial charge is 0.378 e. The molecule has 2 aromatic carbocycles. The van der Waals surface area contributed by atoms with Crippen molar-refractivity contribution >= 4 is 28.9 Å². The third-order valence-electron chi connectivity index (χ3n) is 3.88. The standard InChI is InChI=1S/C19H24ClN3O/c1-14-11-16(20)7-10-18(14)21-19(24)13-23(4)12-15-5-8-17(9-6-15)22(2)3/h5-11H,12-13H2,1-4H3,(H,21,24)/p+1. The van der Waals surface area contributed by atoms with Gasteiger partial charge in [0.25, 0.3) is 5.91 Å². The van der Waals surface area contributed by atoms with E-state index >= 15 is 0 Å². The molecule has 0 saturated heterocycles. The van der Waals surface area contributed by atoms with E-state index in [0.29, 0.717) is 11.6 Å². The number of quaternary nitrogens is 1. The number of nitrogens with zero attached hydrogens (tertiary/aromatic N) is 1. The summed E-state index contributed by atoms with van der Waals surface area (Å²) in [5.41, 5.74) is 4.17. The first-order chi connectivity index (χ1) is 11.3. The molecular weight excluding hydrogens is 322 g/mol. The van der Waals surface area contributed by atoms with E-state index in [2.05, 4.69) is 34.5 Å². The number of benzene rings is 2. The van der Waals surface area contributed by atoms with Crippen LogP contribution in [0.3, 0.4) is 0 Å². The van der Waals surface area contributed by atoms with Crippen LogP contribution in [0, 0.1) is 6.92 Å². The lowest BCUT2D eigenvalue weighted by Crippen LogP contribution is -3.08. The van der Waals surface area contributed by atoms with Gasteiger partial charge >= 0.3 is 0 Å². The third-order valence-corrected chi connectivity index (χ3v) is 4.12. The van der Waals surface area contributed by atoms with Crippen LogP contribution in [-0.4, -0.2) is 33.6 Å². The molecule has 0 aromatic heterocycles. The van der Waals surface area contributed by atoms with Crippen LogP contribution >= 0.6 is 11.6 Å². The Balaban J connectivity index is 1.89. The van der Waals surface area contributed by atoms with E-state index in [0.717, 1.165) is 22.7 Å². The Morgan fingerprint density at radius 3 is 2.42 bits per heavy atom. The summed E-state index contributed by atoms with van der Waals surface area (Å²) >= 11 is 5.94. The summed E-state index contributed by atoms with van der Waals surface area (Å²) in [5.74, 6) is 0.00262. The van der Waals surface area contributed by atoms with Gasteiger partial charge < -0.3 is 15.1 Å². The second-order valence-electron chi connectivity index (χ2n) is 6.38. The first-order valence-corrected chi connectivity index (χ1v) is 8.36. The summed E-state index contributed by atoms with van der Waals surface area (Å²) in [6.07, 6.45) is 0. The van der Waals surface area contributed by atoms with Gasteiger partial charge in [0.05, 0.1) is 7.05 Å². The van der Waals surface area contributed by atoms with Crippen LogP contribution < -0.4 is 15.1 Å². The molecule has 4 nitrogen and oxygen atoms in total. The van der Waals surface area contributed by atoms with E-state index in [4.69, 9.17) is 11.6 Å². The molecule has 0 radical (unpaired) electrons. The maximum Gasteiger partial charge on any atom is 0.279 e. The molecule has 0 heterocycles. The minimum absolute atomic E-state index is 0.00262. The molecule has 2 rings (SSSR count). The fraction of sp³-hybridized carbons (Fsp3) is 0.316. The second-order valence-corrected chi connectivity index (χ2v) is 6.82. The van der Waals surface area contributed by atoms with Gasteiger partial charge in [0.2, 0.25) is 0 Å². The smallest absolute Gasteiger partial charge is 0.279 e. The van der Waals surface area contributed by atoms with E-state index in [1.165, 1.54) is 11.3 Å². The molecule has 2 aromatic rings. The molecule has 0 aliphatic rings. The van der Waals surface area contributed by atoms with Gasteiger partial charge in [-0.1, -0.05) is 23.7 Å². The van der Waals surface area contributed by atoms with E-state index in [9.17, 15) is 4.79 Å². The molecule has 0 aliphatic heterocycles. The maximum absolute atomic E-state index is 12.2. The van der Waals surface area contributed by atoms with Gasteiger partial charge in [0.1, 0.15) is 6.54 Å². The van der Waals surface area contributed by atoms with Crippen LogP contribution in [0.5, 0.6) is 0 Å². The Morgan fingerprint density at radius 2 is 1.83 bits per heavy atom. The molecular formula is C19H25ClN3O+. The van der Waals surface area contributed by atoms with Crippen molar-refractivity contribution in [3.05, 3.63) is 58.6 Å². The molecule has 1 unspecified atom stereocenters. The van der Waals surface area contributed by atoms with Crippen molar-refractivity contribution in [3.8, 4) is 0 Å². The minimum atomic E-state index is 0.00262. The van der Waals surface area contributed by atoms with Crippen molar-refractivity contribution in [2.45, 2.75) is 13.5 Å². The highest BCUT2D eigenvalue weighted by atomic mass is 35.5. The predicted molar refractivity (Wildman–Crippen MR) is 101 cm³/mol. The number of hydrogen-bond donors (Lipinski definition) is 2. The fourth-order valence-corrected chi connectivity index (χ4v) is 2.79. The summed E-state index contributed by atoms with van der Waals surface area (Å²) in [7, 11) is 6.07. The normalized spacial score (nSPS) is 11.9. The van der Waals surface area contributed by atoms with Crippen LogP contribution in [0.1, 0.15) is 11.1 Å². The van der Waals surface area contributed by atoms with Gasteiger partial charge in [-0.25, -0.2) is 0 Å². The molecule has 0 spiro atoms. The van der Waals surface area contributed by atoms with Crippen molar-refractivity contribution < 1.29 is 9.69 Å². The van der Waals surface area contributed by atoms with Crippen molar-refractivity contribution in [3.63, 3.8) is 0 Å². The molecule has 0 saturated carbocycles. The summed E-state index contributed by atoms with van der Waals surface area (Å²) in [6.45, 7) is 3.16. The number of rotatable bonds is 6. The number of nitrogens with one attached hydrogen (secondary N) is 2. The number of halogens is 1. The number of carbonyl (C=O) groups excluding carboxylic acids is 1. The number of likely N-dealkylation sites (N-methyl/N-ethyl adjacent to an activating group) is 1. The van der Waals surface area contributed by atoms with E-state index in [-0.39, 0.29) is 5.91 Å². The molecule has 128 valence electrons. The van der Waals surface area contributed by atoms with Gasteiger partial charge in [0.15, 0.2) is 6.54 Å². The zero-order valence-electron chi connectivity index (χ0n) is 14.7. The first kappa shape index (κ1) is 18.3. The zero-order valence-corrected chi connectivity index (χ0v) is 15.4. The van der Waals surface area contributed by atoms with Crippen molar-refractivity contribution in [2.24, 2.45) is 0 Å². The molecule has 5 heteroatoms. The monoisotopic (exact) mass is 346 g/mol. The molecule has 1 amide bonds. The SMILES string of the molecule is Cc1cc(Cl)ccc1NC(=O)C[NH+](C)Cc1ccc(N(C)C)cc1. The Bertz CT molecular complexity index is 698. The maximum atomic E-state index is 12.2. The number of carbonyl (C=O) groups is 1. The molecule has 0 aliphatic carbocycles. The van der Waals surface area contributed by atoms with Crippen molar-refractivity contribution in [1.82, 2.24) is 0 Å². The van der Waals surface area contributed by atoms with Gasteiger partial charge in [-0.2, -0.15) is 0 Å². The number of anilines is 2. The van der Waals surface area contributed by atoms with Crippen molar-refractivity contribution in [2.75, 3.05) is 37.9 Å². The zero-order chi connectivity index (χ0) is 17.7. The van der Waals surface area contributed by atoms with Crippen LogP contribution in [-0.2, 0) is 11.3 Å². The highest BCUT2D eigenvalue weighted by Gasteiger charge is 2.12. The lowest BCUT2D eigenvalue weighted by molar-refractivity contribution is -0.885. The quantitative estimate of drug-likeness (QED) is 0.842. The van der Waals surface area contributed by atoms with Crippen LogP contribution in [0.25, 0.3) is 0 Å². The lowest BCUT2D eigenvalue weighted by atomic mass is 10.2. The predicted octanol–water partition coefficient (Wildman–Crippen LogP) is 2.37. The molecule has 24 heavy (non-hydrogen) atoms. The Kier molecular flexibility index (Phi) is 6.23. The average Bonchev–Trinajstić information content (AvgIpc) is 2.50. The topological polar surface area (TPSA) is 36.8 Å². The molecule has 2 N–H and O–H groups in total. The number of hydrogen-bond acceptors (Lipinski definition) is 2. The van der Waals surface area contributed by atoms with Crippen LogP contribution in [0.15, 0.2) is 42.5 Å². The highest BCUT2D eigenvalue weighted by Crippen LogP contribution is 2.19. The van der Waals surface area contributed by atoms with Crippen LogP contribution in [0.4, 0.5) is 11.4 Å². The van der Waals surface area contributed by atoms with Crippen LogP contribution in [0.2, 0.25) is 5.02 Å². The van der Waals surface area contributed by atoms with Crippen molar-refractivity contribution in [1.29, 1.82) is 0 Å². The Labute approximate surface area is 149 Å². The van der Waals surface area contributed by atoms with Gasteiger partial charge in [-0.3, -0.25) is 4.79 Å². The van der Waals surface area contributed by atoms with Gasteiger partial charge in [0, 0.05) is 36.1 Å². The molecule has 0 bridgehead atoms. The number of amides is 1. The highest BCUT2D eigenvalue weighted by molar-refractivity contribution is 6.30. The van der Waals surface area contributed by atoms with Gasteiger partial charge in [-0.15, -0.1) is 0 Å². The third kappa shape index (κ3) is 5.25. The lowest BCUT2D eigenvalue weighted by Gasteiger charge is -2.16.